The maximum atomic E-state index is 12.7. The van der Waals surface area contributed by atoms with E-state index >= 15 is 0 Å². The average molecular weight is 419 g/mol. The molecule has 8 heteroatoms. The lowest BCUT2D eigenvalue weighted by Crippen LogP contribution is -2.33. The minimum Gasteiger partial charge on any atom is -0.497 e. The lowest BCUT2D eigenvalue weighted by molar-refractivity contribution is -0.122. The minimum absolute atomic E-state index is 0.0585. The molecule has 0 radical (unpaired) electrons. The van der Waals surface area contributed by atoms with Gasteiger partial charge in [0.1, 0.15) is 11.5 Å². The van der Waals surface area contributed by atoms with Gasteiger partial charge in [0.15, 0.2) is 0 Å². The van der Waals surface area contributed by atoms with Crippen molar-refractivity contribution in [1.82, 2.24) is 4.90 Å². The molecule has 0 saturated carbocycles. The fourth-order valence-corrected chi connectivity index (χ4v) is 3.68. The quantitative estimate of drug-likeness (QED) is 0.681. The summed E-state index contributed by atoms with van der Waals surface area (Å²) in [6, 6.07) is 10.7. The van der Waals surface area contributed by atoms with Crippen LogP contribution in [-0.2, 0) is 4.79 Å². The number of carbonyl (C=O) groups is 2. The number of imide groups is 1. The third kappa shape index (κ3) is 4.10. The van der Waals surface area contributed by atoms with Gasteiger partial charge in [-0.15, -0.1) is 0 Å². The summed E-state index contributed by atoms with van der Waals surface area (Å²) < 4.78 is 10.5. The van der Waals surface area contributed by atoms with Crippen molar-refractivity contribution in [3.63, 3.8) is 0 Å². The van der Waals surface area contributed by atoms with Crippen LogP contribution in [0.25, 0.3) is 6.08 Å². The summed E-state index contributed by atoms with van der Waals surface area (Å²) in [5.41, 5.74) is 2.31. The highest BCUT2D eigenvalue weighted by molar-refractivity contribution is 8.18. The van der Waals surface area contributed by atoms with E-state index in [0.29, 0.717) is 27.0 Å². The van der Waals surface area contributed by atoms with Crippen LogP contribution < -0.4 is 14.8 Å². The van der Waals surface area contributed by atoms with E-state index in [4.69, 9.17) is 21.1 Å². The summed E-state index contributed by atoms with van der Waals surface area (Å²) >= 11 is 7.00. The molecule has 2 aromatic carbocycles. The van der Waals surface area contributed by atoms with Crippen LogP contribution in [0.1, 0.15) is 11.1 Å². The number of amides is 2. The maximum Gasteiger partial charge on any atom is 0.295 e. The third-order valence-electron chi connectivity index (χ3n) is 4.30. The number of hydrogen-bond acceptors (Lipinski definition) is 6. The Hall–Kier alpha value is -2.64. The second kappa shape index (κ2) is 8.58. The first-order chi connectivity index (χ1) is 13.4. The summed E-state index contributed by atoms with van der Waals surface area (Å²) in [4.78, 5) is 26.5. The lowest BCUT2D eigenvalue weighted by atomic mass is 10.1. The summed E-state index contributed by atoms with van der Waals surface area (Å²) in [6.07, 6.45) is 1.65. The largest absolute Gasteiger partial charge is 0.497 e. The van der Waals surface area contributed by atoms with Crippen LogP contribution in [0.5, 0.6) is 11.5 Å². The topological polar surface area (TPSA) is 67.9 Å². The summed E-state index contributed by atoms with van der Waals surface area (Å²) in [6.45, 7) is 1.93. The zero-order chi connectivity index (χ0) is 20.3. The summed E-state index contributed by atoms with van der Waals surface area (Å²) in [5, 5.41) is 3.38. The number of rotatable bonds is 6. The molecule has 0 spiro atoms. The Kier molecular flexibility index (Phi) is 6.16. The fourth-order valence-electron chi connectivity index (χ4n) is 2.68. The van der Waals surface area contributed by atoms with Crippen LogP contribution >= 0.6 is 23.4 Å². The molecular weight excluding hydrogens is 400 g/mol. The molecule has 0 atom stereocenters. The number of carbonyl (C=O) groups excluding carboxylic acids is 2. The SMILES string of the molecule is COc1ccc(/C=C2\SC(=O)N(CNc3cccc(Cl)c3C)C2=O)c(OC)c1. The highest BCUT2D eigenvalue weighted by Crippen LogP contribution is 2.35. The molecule has 1 heterocycles. The number of methoxy groups -OCH3 is 2. The number of ether oxygens (including phenoxy) is 2. The Morgan fingerprint density at radius 3 is 2.68 bits per heavy atom. The molecule has 1 aliphatic rings. The number of thioether (sulfide) groups is 1. The van der Waals surface area contributed by atoms with Crippen molar-refractivity contribution >= 4 is 46.3 Å². The molecule has 2 amide bonds. The maximum absolute atomic E-state index is 12.7. The molecule has 0 aliphatic carbocycles. The molecule has 3 rings (SSSR count). The van der Waals surface area contributed by atoms with Crippen molar-refractivity contribution in [3.8, 4) is 11.5 Å². The van der Waals surface area contributed by atoms with Gasteiger partial charge in [0.2, 0.25) is 0 Å². The van der Waals surface area contributed by atoms with Gasteiger partial charge in [-0.25, -0.2) is 0 Å². The van der Waals surface area contributed by atoms with Crippen molar-refractivity contribution in [2.24, 2.45) is 0 Å². The van der Waals surface area contributed by atoms with Gasteiger partial charge in [-0.1, -0.05) is 17.7 Å². The van der Waals surface area contributed by atoms with Crippen molar-refractivity contribution in [2.75, 3.05) is 26.2 Å². The average Bonchev–Trinajstić information content (AvgIpc) is 2.96. The van der Waals surface area contributed by atoms with Crippen LogP contribution in [0.2, 0.25) is 5.02 Å². The summed E-state index contributed by atoms with van der Waals surface area (Å²) in [5.74, 6) is 0.835. The van der Waals surface area contributed by atoms with Gasteiger partial charge < -0.3 is 14.8 Å². The van der Waals surface area contributed by atoms with Crippen molar-refractivity contribution in [1.29, 1.82) is 0 Å². The Bertz CT molecular complexity index is 961. The van der Waals surface area contributed by atoms with Crippen molar-refractivity contribution < 1.29 is 19.1 Å². The van der Waals surface area contributed by atoms with E-state index in [9.17, 15) is 9.59 Å². The molecule has 1 aliphatic heterocycles. The molecule has 0 unspecified atom stereocenters. The normalized spacial score (nSPS) is 15.3. The molecular formula is C20H19ClN2O4S. The molecule has 146 valence electrons. The number of hydrogen-bond donors (Lipinski definition) is 1. The first kappa shape index (κ1) is 20.1. The zero-order valence-electron chi connectivity index (χ0n) is 15.6. The van der Waals surface area contributed by atoms with Gasteiger partial charge >= 0.3 is 0 Å². The van der Waals surface area contributed by atoms with Crippen LogP contribution in [0, 0.1) is 6.92 Å². The molecule has 2 aromatic rings. The second-order valence-electron chi connectivity index (χ2n) is 5.96. The first-order valence-electron chi connectivity index (χ1n) is 8.41. The van der Waals surface area contributed by atoms with E-state index in [1.807, 2.05) is 13.0 Å². The molecule has 1 N–H and O–H groups in total. The van der Waals surface area contributed by atoms with Gasteiger partial charge in [0.05, 0.1) is 25.8 Å². The molecule has 1 fully saturated rings. The highest BCUT2D eigenvalue weighted by atomic mass is 35.5. The molecule has 0 aromatic heterocycles. The standard InChI is InChI=1S/C20H19ClN2O4S/c1-12-15(21)5-4-6-16(12)22-11-23-19(24)18(28-20(23)25)9-13-7-8-14(26-2)10-17(13)27-3/h4-10,22H,11H2,1-3H3/b18-9-. The van der Waals surface area contributed by atoms with Crippen LogP contribution in [0.3, 0.4) is 0 Å². The first-order valence-corrected chi connectivity index (χ1v) is 9.60. The third-order valence-corrected chi connectivity index (χ3v) is 5.61. The lowest BCUT2D eigenvalue weighted by Gasteiger charge is -2.16. The van der Waals surface area contributed by atoms with Crippen molar-refractivity contribution in [3.05, 3.63) is 57.5 Å². The fraction of sp³-hybridized carbons (Fsp3) is 0.200. The van der Waals surface area contributed by atoms with Crippen molar-refractivity contribution in [2.45, 2.75) is 6.92 Å². The number of nitrogens with zero attached hydrogens (tertiary/aromatic N) is 1. The van der Waals surface area contributed by atoms with Crippen LogP contribution in [0.15, 0.2) is 41.3 Å². The van der Waals surface area contributed by atoms with Gasteiger partial charge in [-0.3, -0.25) is 14.5 Å². The second-order valence-corrected chi connectivity index (χ2v) is 7.37. The Balaban J connectivity index is 1.78. The van der Waals surface area contributed by atoms with Crippen LogP contribution in [-0.4, -0.2) is 36.9 Å². The zero-order valence-corrected chi connectivity index (χ0v) is 17.2. The van der Waals surface area contributed by atoms with E-state index in [0.717, 1.165) is 27.9 Å². The molecule has 28 heavy (non-hydrogen) atoms. The van der Waals surface area contributed by atoms with Crippen LogP contribution in [0.4, 0.5) is 10.5 Å². The molecule has 0 bridgehead atoms. The Morgan fingerprint density at radius 1 is 1.18 bits per heavy atom. The Morgan fingerprint density at radius 2 is 1.96 bits per heavy atom. The number of benzene rings is 2. The predicted molar refractivity (Wildman–Crippen MR) is 112 cm³/mol. The van der Waals surface area contributed by atoms with Gasteiger partial charge in [-0.2, -0.15) is 0 Å². The highest BCUT2D eigenvalue weighted by Gasteiger charge is 2.35. The predicted octanol–water partition coefficient (Wildman–Crippen LogP) is 4.77. The van der Waals surface area contributed by atoms with E-state index in [1.165, 1.54) is 7.11 Å². The van der Waals surface area contributed by atoms with Gasteiger partial charge in [0, 0.05) is 22.3 Å². The Labute approximate surface area is 172 Å². The van der Waals surface area contributed by atoms with E-state index in [1.54, 1.807) is 43.5 Å². The minimum atomic E-state index is -0.361. The molecule has 6 nitrogen and oxygen atoms in total. The van der Waals surface area contributed by atoms with E-state index < -0.39 is 0 Å². The van der Waals surface area contributed by atoms with Gasteiger partial charge in [0.25, 0.3) is 11.1 Å². The van der Waals surface area contributed by atoms with E-state index in [-0.39, 0.29) is 17.8 Å². The summed E-state index contributed by atoms with van der Waals surface area (Å²) in [7, 11) is 3.10. The number of halogens is 1. The van der Waals surface area contributed by atoms with Gasteiger partial charge in [-0.05, 0) is 54.6 Å². The number of nitrogens with one attached hydrogen (secondary N) is 1. The number of anilines is 1. The van der Waals surface area contributed by atoms with E-state index in [2.05, 4.69) is 5.32 Å². The monoisotopic (exact) mass is 418 g/mol. The molecule has 1 saturated heterocycles. The smallest absolute Gasteiger partial charge is 0.295 e.